The zero-order valence-corrected chi connectivity index (χ0v) is 12.1. The summed E-state index contributed by atoms with van der Waals surface area (Å²) >= 11 is 1.32. The predicted molar refractivity (Wildman–Crippen MR) is 78.6 cm³/mol. The second kappa shape index (κ2) is 5.83. The number of para-hydroxylation sites is 1. The van der Waals surface area contributed by atoms with Gasteiger partial charge in [-0.15, -0.1) is 11.3 Å². The average Bonchev–Trinajstić information content (AvgIpc) is 2.89. The Balaban J connectivity index is 2.34. The topological polar surface area (TPSA) is 76.3 Å². The second-order valence-electron chi connectivity index (χ2n) is 4.34. The van der Waals surface area contributed by atoms with Crippen LogP contribution in [0.4, 0.5) is 5.69 Å². The third-order valence-corrected chi connectivity index (χ3v) is 3.91. The van der Waals surface area contributed by atoms with E-state index in [9.17, 15) is 9.59 Å². The number of nitrogens with two attached hydrogens (primary N) is 1. The van der Waals surface area contributed by atoms with Gasteiger partial charge >= 0.3 is 0 Å². The van der Waals surface area contributed by atoms with E-state index in [1.807, 2.05) is 37.3 Å². The number of primary amides is 1. The van der Waals surface area contributed by atoms with Crippen LogP contribution < -0.4 is 10.6 Å². The van der Waals surface area contributed by atoms with E-state index >= 15 is 0 Å². The molecule has 1 aromatic carbocycles. The van der Waals surface area contributed by atoms with Crippen LogP contribution in [0.2, 0.25) is 0 Å². The monoisotopic (exact) mass is 289 g/mol. The minimum Gasteiger partial charge on any atom is -0.364 e. The molecular weight excluding hydrogens is 274 g/mol. The van der Waals surface area contributed by atoms with Crippen LogP contribution in [0, 0.1) is 0 Å². The first-order valence-corrected chi connectivity index (χ1v) is 6.98. The molecule has 5 nitrogen and oxygen atoms in total. The van der Waals surface area contributed by atoms with Crippen molar-refractivity contribution in [2.75, 3.05) is 4.90 Å². The standard InChI is InChI=1S/C14H15N3O2S/c1-9(14-16-12(8-20-14)13(15)19)17(10(2)18)11-6-4-3-5-7-11/h3-9H,1-2H3,(H2,15,19)/t9-/m0/s1. The fourth-order valence-corrected chi connectivity index (χ4v) is 2.82. The summed E-state index contributed by atoms with van der Waals surface area (Å²) in [5, 5.41) is 2.29. The molecule has 0 spiro atoms. The largest absolute Gasteiger partial charge is 0.364 e. The molecule has 2 rings (SSSR count). The van der Waals surface area contributed by atoms with E-state index in [4.69, 9.17) is 5.73 Å². The molecule has 0 radical (unpaired) electrons. The maximum absolute atomic E-state index is 11.9. The smallest absolute Gasteiger partial charge is 0.268 e. The van der Waals surface area contributed by atoms with Crippen LogP contribution in [0.1, 0.15) is 35.4 Å². The van der Waals surface area contributed by atoms with Gasteiger partial charge in [0, 0.05) is 18.0 Å². The van der Waals surface area contributed by atoms with Crippen molar-refractivity contribution >= 4 is 28.8 Å². The van der Waals surface area contributed by atoms with Gasteiger partial charge in [-0.3, -0.25) is 9.59 Å². The number of thiazole rings is 1. The lowest BCUT2D eigenvalue weighted by Crippen LogP contribution is -2.31. The van der Waals surface area contributed by atoms with Crippen LogP contribution in [0.5, 0.6) is 0 Å². The first kappa shape index (κ1) is 14.2. The van der Waals surface area contributed by atoms with Gasteiger partial charge in [0.15, 0.2) is 0 Å². The van der Waals surface area contributed by atoms with Crippen LogP contribution >= 0.6 is 11.3 Å². The van der Waals surface area contributed by atoms with E-state index < -0.39 is 5.91 Å². The van der Waals surface area contributed by atoms with Gasteiger partial charge in [0.2, 0.25) is 5.91 Å². The summed E-state index contributed by atoms with van der Waals surface area (Å²) in [5.74, 6) is -0.645. The summed E-state index contributed by atoms with van der Waals surface area (Å²) in [7, 11) is 0. The number of hydrogen-bond acceptors (Lipinski definition) is 4. The molecule has 0 saturated heterocycles. The van der Waals surface area contributed by atoms with Crippen LogP contribution in [-0.4, -0.2) is 16.8 Å². The number of amides is 2. The van der Waals surface area contributed by atoms with Crippen molar-refractivity contribution in [2.45, 2.75) is 19.9 Å². The Kier molecular flexibility index (Phi) is 4.14. The van der Waals surface area contributed by atoms with Gasteiger partial charge in [0.25, 0.3) is 5.91 Å². The molecule has 2 amide bonds. The number of carbonyl (C=O) groups excluding carboxylic acids is 2. The zero-order chi connectivity index (χ0) is 14.7. The molecule has 104 valence electrons. The molecule has 1 heterocycles. The van der Waals surface area contributed by atoms with Crippen molar-refractivity contribution in [3.8, 4) is 0 Å². The zero-order valence-electron chi connectivity index (χ0n) is 11.2. The molecule has 20 heavy (non-hydrogen) atoms. The van der Waals surface area contributed by atoms with E-state index in [2.05, 4.69) is 4.98 Å². The fourth-order valence-electron chi connectivity index (χ4n) is 1.97. The van der Waals surface area contributed by atoms with E-state index in [1.54, 1.807) is 10.3 Å². The van der Waals surface area contributed by atoms with Crippen molar-refractivity contribution in [3.05, 3.63) is 46.4 Å². The van der Waals surface area contributed by atoms with Gasteiger partial charge in [-0.2, -0.15) is 0 Å². The summed E-state index contributed by atoms with van der Waals surface area (Å²) in [5.41, 5.74) is 6.22. The van der Waals surface area contributed by atoms with Crippen molar-refractivity contribution in [3.63, 3.8) is 0 Å². The van der Waals surface area contributed by atoms with Crippen LogP contribution in [0.3, 0.4) is 0 Å². The summed E-state index contributed by atoms with van der Waals surface area (Å²) < 4.78 is 0. The Bertz CT molecular complexity index is 624. The quantitative estimate of drug-likeness (QED) is 0.938. The number of carbonyl (C=O) groups is 2. The van der Waals surface area contributed by atoms with E-state index in [0.717, 1.165) is 5.69 Å². The predicted octanol–water partition coefficient (Wildman–Crippen LogP) is 2.36. The molecule has 0 aliphatic heterocycles. The SMILES string of the molecule is CC(=O)N(c1ccccc1)[C@@H](C)c1nc(C(N)=O)cs1. The lowest BCUT2D eigenvalue weighted by Gasteiger charge is -2.26. The number of rotatable bonds is 4. The number of nitrogens with zero attached hydrogens (tertiary/aromatic N) is 2. The normalized spacial score (nSPS) is 11.9. The summed E-state index contributed by atoms with van der Waals surface area (Å²) in [6.07, 6.45) is 0. The highest BCUT2D eigenvalue weighted by Gasteiger charge is 2.23. The molecule has 2 N–H and O–H groups in total. The molecule has 6 heteroatoms. The van der Waals surface area contributed by atoms with Crippen molar-refractivity contribution in [2.24, 2.45) is 5.73 Å². The van der Waals surface area contributed by atoms with Crippen molar-refractivity contribution < 1.29 is 9.59 Å². The van der Waals surface area contributed by atoms with E-state index in [1.165, 1.54) is 18.3 Å². The molecule has 0 saturated carbocycles. The maximum Gasteiger partial charge on any atom is 0.268 e. The summed E-state index contributed by atoms with van der Waals surface area (Å²) in [6, 6.07) is 9.10. The average molecular weight is 289 g/mol. The highest BCUT2D eigenvalue weighted by atomic mass is 32.1. The van der Waals surface area contributed by atoms with Crippen LogP contribution in [0.15, 0.2) is 35.7 Å². The maximum atomic E-state index is 11.9. The lowest BCUT2D eigenvalue weighted by atomic mass is 10.2. The first-order valence-electron chi connectivity index (χ1n) is 6.10. The van der Waals surface area contributed by atoms with Gasteiger partial charge in [-0.1, -0.05) is 18.2 Å². The second-order valence-corrected chi connectivity index (χ2v) is 5.23. The number of hydrogen-bond donors (Lipinski definition) is 1. The Hall–Kier alpha value is -2.21. The van der Waals surface area contributed by atoms with E-state index in [-0.39, 0.29) is 17.6 Å². The van der Waals surface area contributed by atoms with Gasteiger partial charge < -0.3 is 10.6 Å². The fraction of sp³-hybridized carbons (Fsp3) is 0.214. The Morgan fingerprint density at radius 1 is 1.30 bits per heavy atom. The molecule has 1 atom stereocenters. The van der Waals surface area contributed by atoms with Gasteiger partial charge in [0.1, 0.15) is 10.7 Å². The number of aromatic nitrogens is 1. The Labute approximate surface area is 121 Å². The third-order valence-electron chi connectivity index (χ3n) is 2.89. The van der Waals surface area contributed by atoms with Gasteiger partial charge in [-0.25, -0.2) is 4.98 Å². The van der Waals surface area contributed by atoms with Gasteiger partial charge in [-0.05, 0) is 19.1 Å². The third kappa shape index (κ3) is 2.85. The highest BCUT2D eigenvalue weighted by Crippen LogP contribution is 2.28. The molecule has 0 unspecified atom stereocenters. The number of benzene rings is 1. The van der Waals surface area contributed by atoms with Crippen molar-refractivity contribution in [1.82, 2.24) is 4.98 Å². The highest BCUT2D eigenvalue weighted by molar-refractivity contribution is 7.10. The summed E-state index contributed by atoms with van der Waals surface area (Å²) in [6.45, 7) is 3.38. The van der Waals surface area contributed by atoms with Gasteiger partial charge in [0.05, 0.1) is 6.04 Å². The van der Waals surface area contributed by atoms with Crippen LogP contribution in [0.25, 0.3) is 0 Å². The summed E-state index contributed by atoms with van der Waals surface area (Å²) in [4.78, 5) is 28.8. The number of anilines is 1. The van der Waals surface area contributed by atoms with Crippen molar-refractivity contribution in [1.29, 1.82) is 0 Å². The van der Waals surface area contributed by atoms with E-state index in [0.29, 0.717) is 5.01 Å². The van der Waals surface area contributed by atoms with Crippen LogP contribution in [-0.2, 0) is 4.79 Å². The molecule has 0 fully saturated rings. The Morgan fingerprint density at radius 3 is 2.45 bits per heavy atom. The minimum atomic E-state index is -0.561. The molecule has 0 bridgehead atoms. The first-order chi connectivity index (χ1) is 9.50. The Morgan fingerprint density at radius 2 is 1.95 bits per heavy atom. The molecule has 0 aliphatic rings. The molecule has 2 aromatic rings. The molecule has 0 aliphatic carbocycles. The molecular formula is C14H15N3O2S. The lowest BCUT2D eigenvalue weighted by molar-refractivity contribution is -0.117. The minimum absolute atomic E-state index is 0.0838. The molecule has 1 aromatic heterocycles.